The first-order valence-electron chi connectivity index (χ1n) is 8.03. The molecule has 0 aromatic carbocycles. The van der Waals surface area contributed by atoms with E-state index < -0.39 is 0 Å². The van der Waals surface area contributed by atoms with Gasteiger partial charge in [0.15, 0.2) is 0 Å². The first-order valence-corrected chi connectivity index (χ1v) is 8.03. The van der Waals surface area contributed by atoms with E-state index in [4.69, 9.17) is 5.73 Å². The molecule has 0 amide bonds. The molecule has 1 aliphatic carbocycles. The van der Waals surface area contributed by atoms with E-state index in [0.29, 0.717) is 0 Å². The first-order chi connectivity index (χ1) is 8.55. The average Bonchev–Trinajstić information content (AvgIpc) is 2.74. The van der Waals surface area contributed by atoms with Crippen LogP contribution in [0.25, 0.3) is 0 Å². The van der Waals surface area contributed by atoms with Gasteiger partial charge in [0.25, 0.3) is 0 Å². The van der Waals surface area contributed by atoms with Gasteiger partial charge in [-0.1, -0.05) is 27.2 Å². The van der Waals surface area contributed by atoms with E-state index in [1.807, 2.05) is 0 Å². The van der Waals surface area contributed by atoms with E-state index in [1.54, 1.807) is 0 Å². The lowest BCUT2D eigenvalue weighted by Crippen LogP contribution is -2.63. The summed E-state index contributed by atoms with van der Waals surface area (Å²) in [5, 5.41) is 0. The summed E-state index contributed by atoms with van der Waals surface area (Å²) in [6, 6.07) is 1.50. The van der Waals surface area contributed by atoms with Crippen molar-refractivity contribution < 1.29 is 0 Å². The summed E-state index contributed by atoms with van der Waals surface area (Å²) in [6.07, 6.45) is 8.08. The quantitative estimate of drug-likeness (QED) is 0.834. The minimum atomic E-state index is 0.286. The van der Waals surface area contributed by atoms with Gasteiger partial charge < -0.3 is 5.73 Å². The van der Waals surface area contributed by atoms with Gasteiger partial charge in [-0.2, -0.15) is 0 Å². The Labute approximate surface area is 113 Å². The Balaban J connectivity index is 2.29. The molecule has 0 bridgehead atoms. The number of likely N-dealkylation sites (tertiary alicyclic amines) is 1. The Morgan fingerprint density at radius 1 is 1.11 bits per heavy atom. The van der Waals surface area contributed by atoms with Crippen molar-refractivity contribution in [3.63, 3.8) is 0 Å². The van der Waals surface area contributed by atoms with Crippen LogP contribution < -0.4 is 5.73 Å². The van der Waals surface area contributed by atoms with Gasteiger partial charge in [-0.3, -0.25) is 4.90 Å². The van der Waals surface area contributed by atoms with Crippen molar-refractivity contribution in [3.05, 3.63) is 0 Å². The Kier molecular flexibility index (Phi) is 4.38. The molecule has 1 saturated carbocycles. The molecule has 0 aromatic heterocycles. The van der Waals surface area contributed by atoms with E-state index in [9.17, 15) is 0 Å². The molecule has 2 nitrogen and oxygen atoms in total. The molecular formula is C16H32N2. The standard InChI is InChI=1S/C16H32N2/c1-5-15-9-8-14(4)18(15)16(11-17)10-12(2)6-7-13(16)3/h12-15H,5-11,17H2,1-4H3. The summed E-state index contributed by atoms with van der Waals surface area (Å²) >= 11 is 0. The molecule has 1 saturated heterocycles. The monoisotopic (exact) mass is 252 g/mol. The molecular weight excluding hydrogens is 220 g/mol. The summed E-state index contributed by atoms with van der Waals surface area (Å²) in [5.41, 5.74) is 6.59. The molecule has 2 heteroatoms. The fourth-order valence-electron chi connectivity index (χ4n) is 4.73. The van der Waals surface area contributed by atoms with Crippen LogP contribution in [0.3, 0.4) is 0 Å². The van der Waals surface area contributed by atoms with Crippen LogP contribution in [0.1, 0.15) is 66.2 Å². The third-order valence-corrected chi connectivity index (χ3v) is 5.84. The van der Waals surface area contributed by atoms with Gasteiger partial charge in [-0.25, -0.2) is 0 Å². The van der Waals surface area contributed by atoms with Crippen molar-refractivity contribution >= 4 is 0 Å². The molecule has 0 aromatic rings. The zero-order chi connectivity index (χ0) is 13.3. The topological polar surface area (TPSA) is 29.3 Å². The molecule has 1 aliphatic heterocycles. The van der Waals surface area contributed by atoms with Crippen molar-refractivity contribution in [1.82, 2.24) is 4.90 Å². The zero-order valence-corrected chi connectivity index (χ0v) is 12.8. The van der Waals surface area contributed by atoms with Crippen LogP contribution in [0.5, 0.6) is 0 Å². The number of rotatable bonds is 3. The molecule has 0 radical (unpaired) electrons. The fourth-order valence-corrected chi connectivity index (χ4v) is 4.73. The third kappa shape index (κ3) is 2.22. The molecule has 2 aliphatic rings. The summed E-state index contributed by atoms with van der Waals surface area (Å²) in [5.74, 6) is 1.60. The molecule has 5 atom stereocenters. The average molecular weight is 252 g/mol. The number of hydrogen-bond donors (Lipinski definition) is 1. The van der Waals surface area contributed by atoms with Crippen LogP contribution >= 0.6 is 0 Å². The molecule has 1 heterocycles. The second kappa shape index (κ2) is 5.50. The maximum absolute atomic E-state index is 6.31. The Bertz CT molecular complexity index is 278. The van der Waals surface area contributed by atoms with Crippen molar-refractivity contribution in [1.29, 1.82) is 0 Å². The van der Waals surface area contributed by atoms with E-state index in [1.165, 1.54) is 38.5 Å². The second-order valence-electron chi connectivity index (χ2n) is 6.99. The van der Waals surface area contributed by atoms with Crippen molar-refractivity contribution in [2.75, 3.05) is 6.54 Å². The summed E-state index contributed by atoms with van der Waals surface area (Å²) in [6.45, 7) is 10.5. The SMILES string of the molecule is CCC1CCC(C)N1C1(CN)CC(C)CCC1C. The highest BCUT2D eigenvalue weighted by atomic mass is 15.3. The van der Waals surface area contributed by atoms with Gasteiger partial charge in [0.2, 0.25) is 0 Å². The number of hydrogen-bond acceptors (Lipinski definition) is 2. The van der Waals surface area contributed by atoms with Gasteiger partial charge in [-0.15, -0.1) is 0 Å². The largest absolute Gasteiger partial charge is 0.329 e. The lowest BCUT2D eigenvalue weighted by Gasteiger charge is -2.54. The van der Waals surface area contributed by atoms with Crippen LogP contribution in [0, 0.1) is 11.8 Å². The van der Waals surface area contributed by atoms with Crippen LogP contribution in [0.4, 0.5) is 0 Å². The summed E-state index contributed by atoms with van der Waals surface area (Å²) in [7, 11) is 0. The fraction of sp³-hybridized carbons (Fsp3) is 1.00. The highest BCUT2D eigenvalue weighted by Crippen LogP contribution is 2.45. The summed E-state index contributed by atoms with van der Waals surface area (Å²) in [4.78, 5) is 2.84. The molecule has 2 rings (SSSR count). The van der Waals surface area contributed by atoms with Crippen LogP contribution in [0.2, 0.25) is 0 Å². The molecule has 106 valence electrons. The van der Waals surface area contributed by atoms with Gasteiger partial charge >= 0.3 is 0 Å². The molecule has 0 spiro atoms. The van der Waals surface area contributed by atoms with Crippen LogP contribution in [-0.4, -0.2) is 29.1 Å². The summed E-state index contributed by atoms with van der Waals surface area (Å²) < 4.78 is 0. The van der Waals surface area contributed by atoms with Crippen LogP contribution in [0.15, 0.2) is 0 Å². The molecule has 2 N–H and O–H groups in total. The zero-order valence-electron chi connectivity index (χ0n) is 12.8. The Morgan fingerprint density at radius 3 is 2.44 bits per heavy atom. The minimum Gasteiger partial charge on any atom is -0.329 e. The Morgan fingerprint density at radius 2 is 1.83 bits per heavy atom. The van der Waals surface area contributed by atoms with Crippen molar-refractivity contribution in [3.8, 4) is 0 Å². The van der Waals surface area contributed by atoms with Crippen molar-refractivity contribution in [2.45, 2.75) is 83.8 Å². The van der Waals surface area contributed by atoms with E-state index in [-0.39, 0.29) is 5.54 Å². The molecule has 5 unspecified atom stereocenters. The molecule has 2 fully saturated rings. The smallest absolute Gasteiger partial charge is 0.0365 e. The maximum Gasteiger partial charge on any atom is 0.0365 e. The maximum atomic E-state index is 6.31. The van der Waals surface area contributed by atoms with E-state index in [2.05, 4.69) is 32.6 Å². The third-order valence-electron chi connectivity index (χ3n) is 5.84. The van der Waals surface area contributed by atoms with Gasteiger partial charge in [0, 0.05) is 24.2 Å². The predicted molar refractivity (Wildman–Crippen MR) is 78.6 cm³/mol. The lowest BCUT2D eigenvalue weighted by atomic mass is 9.68. The second-order valence-corrected chi connectivity index (χ2v) is 6.99. The molecule has 18 heavy (non-hydrogen) atoms. The minimum absolute atomic E-state index is 0.286. The van der Waals surface area contributed by atoms with Crippen LogP contribution in [-0.2, 0) is 0 Å². The van der Waals surface area contributed by atoms with E-state index in [0.717, 1.165) is 30.5 Å². The lowest BCUT2D eigenvalue weighted by molar-refractivity contribution is -0.0343. The Hall–Kier alpha value is -0.0800. The predicted octanol–water partition coefficient (Wildman–Crippen LogP) is 3.40. The highest BCUT2D eigenvalue weighted by Gasteiger charge is 2.49. The van der Waals surface area contributed by atoms with Crippen molar-refractivity contribution in [2.24, 2.45) is 17.6 Å². The number of nitrogens with two attached hydrogens (primary N) is 1. The normalized spacial score (nSPS) is 46.5. The van der Waals surface area contributed by atoms with Gasteiger partial charge in [0.05, 0.1) is 0 Å². The van der Waals surface area contributed by atoms with Gasteiger partial charge in [-0.05, 0) is 50.9 Å². The first kappa shape index (κ1) is 14.3. The van der Waals surface area contributed by atoms with E-state index >= 15 is 0 Å². The number of nitrogens with zero attached hydrogens (tertiary/aromatic N) is 1. The highest BCUT2D eigenvalue weighted by molar-refractivity contribution is 5.05. The van der Waals surface area contributed by atoms with Gasteiger partial charge in [0.1, 0.15) is 0 Å².